The number of ketones is 1. The molecule has 0 aromatic heterocycles. The van der Waals surface area contributed by atoms with Crippen LogP contribution < -0.4 is 5.73 Å². The average molecular weight is 144 g/mol. The molecular formula is C6H12N2O2. The van der Waals surface area contributed by atoms with Crippen molar-refractivity contribution in [3.8, 4) is 0 Å². The lowest BCUT2D eigenvalue weighted by atomic mass is 10.1. The second kappa shape index (κ2) is 4.00. The predicted molar refractivity (Wildman–Crippen MR) is 38.8 cm³/mol. The summed E-state index contributed by atoms with van der Waals surface area (Å²) in [6, 6.07) is -0.501. The molecule has 0 aromatic carbocycles. The van der Waals surface area contributed by atoms with E-state index in [1.165, 1.54) is 7.11 Å². The molecular weight excluding hydrogens is 132 g/mol. The fourth-order valence-electron chi connectivity index (χ4n) is 0.511. The molecule has 0 heterocycles. The Morgan fingerprint density at radius 2 is 2.20 bits per heavy atom. The summed E-state index contributed by atoms with van der Waals surface area (Å²) in [6.45, 7) is 3.17. The van der Waals surface area contributed by atoms with Crippen molar-refractivity contribution in [2.75, 3.05) is 7.11 Å². The van der Waals surface area contributed by atoms with Gasteiger partial charge in [0.05, 0.1) is 6.04 Å². The second-order valence-corrected chi connectivity index (χ2v) is 2.01. The van der Waals surface area contributed by atoms with Crippen LogP contribution in [0, 0.1) is 0 Å². The molecule has 0 bridgehead atoms. The minimum absolute atomic E-state index is 0.193. The van der Waals surface area contributed by atoms with Crippen LogP contribution in [0.1, 0.15) is 13.8 Å². The Morgan fingerprint density at radius 1 is 1.70 bits per heavy atom. The van der Waals surface area contributed by atoms with Gasteiger partial charge in [-0.25, -0.2) is 0 Å². The van der Waals surface area contributed by atoms with Crippen molar-refractivity contribution < 1.29 is 9.63 Å². The minimum atomic E-state index is -0.501. The first-order valence-electron chi connectivity index (χ1n) is 2.97. The standard InChI is InChI=1S/C6H12N2O2/c1-4(7)6(9)5(2)8-10-3/h4H,7H2,1-3H3/b8-5+. The molecule has 0 aromatic rings. The zero-order chi connectivity index (χ0) is 8.15. The number of carbonyl (C=O) groups is 1. The first-order valence-corrected chi connectivity index (χ1v) is 2.97. The van der Waals surface area contributed by atoms with Crippen LogP contribution in [0.5, 0.6) is 0 Å². The van der Waals surface area contributed by atoms with Crippen molar-refractivity contribution in [2.24, 2.45) is 10.9 Å². The van der Waals surface area contributed by atoms with Gasteiger partial charge >= 0.3 is 0 Å². The molecule has 0 radical (unpaired) electrons. The summed E-state index contributed by atoms with van der Waals surface area (Å²) in [7, 11) is 1.39. The normalized spacial score (nSPS) is 14.6. The fourth-order valence-corrected chi connectivity index (χ4v) is 0.511. The van der Waals surface area contributed by atoms with Gasteiger partial charge in [-0.1, -0.05) is 5.16 Å². The van der Waals surface area contributed by atoms with E-state index in [1.807, 2.05) is 0 Å². The number of hydrogen-bond donors (Lipinski definition) is 1. The van der Waals surface area contributed by atoms with E-state index in [1.54, 1.807) is 13.8 Å². The molecule has 4 nitrogen and oxygen atoms in total. The number of nitrogens with zero attached hydrogens (tertiary/aromatic N) is 1. The molecule has 1 unspecified atom stereocenters. The monoisotopic (exact) mass is 144 g/mol. The first-order chi connectivity index (χ1) is 4.59. The molecule has 4 heteroatoms. The van der Waals surface area contributed by atoms with Crippen LogP contribution in [0.3, 0.4) is 0 Å². The number of nitrogens with two attached hydrogens (primary N) is 1. The maximum atomic E-state index is 10.9. The van der Waals surface area contributed by atoms with Crippen molar-refractivity contribution in [3.63, 3.8) is 0 Å². The van der Waals surface area contributed by atoms with Crippen LogP contribution in [0.4, 0.5) is 0 Å². The zero-order valence-corrected chi connectivity index (χ0v) is 6.42. The average Bonchev–Trinajstić information content (AvgIpc) is 1.87. The van der Waals surface area contributed by atoms with E-state index >= 15 is 0 Å². The highest BCUT2D eigenvalue weighted by molar-refractivity contribution is 6.40. The Kier molecular flexibility index (Phi) is 3.64. The van der Waals surface area contributed by atoms with E-state index < -0.39 is 6.04 Å². The van der Waals surface area contributed by atoms with E-state index in [4.69, 9.17) is 5.73 Å². The van der Waals surface area contributed by atoms with Gasteiger partial charge in [-0.15, -0.1) is 0 Å². The van der Waals surface area contributed by atoms with Gasteiger partial charge in [-0.3, -0.25) is 4.79 Å². The second-order valence-electron chi connectivity index (χ2n) is 2.01. The molecule has 0 saturated carbocycles. The van der Waals surface area contributed by atoms with Crippen LogP contribution in [0.15, 0.2) is 5.16 Å². The number of Topliss-reactive ketones (excluding diaryl/α,β-unsaturated/α-hetero) is 1. The number of rotatable bonds is 3. The van der Waals surface area contributed by atoms with Crippen molar-refractivity contribution in [1.29, 1.82) is 0 Å². The molecule has 0 amide bonds. The number of oxime groups is 1. The topological polar surface area (TPSA) is 64.7 Å². The van der Waals surface area contributed by atoms with Crippen LogP contribution in [-0.2, 0) is 9.63 Å². The fraction of sp³-hybridized carbons (Fsp3) is 0.667. The highest BCUT2D eigenvalue weighted by Crippen LogP contribution is 1.85. The van der Waals surface area contributed by atoms with E-state index in [-0.39, 0.29) is 5.78 Å². The summed E-state index contributed by atoms with van der Waals surface area (Å²) >= 11 is 0. The number of carbonyl (C=O) groups excluding carboxylic acids is 1. The molecule has 10 heavy (non-hydrogen) atoms. The summed E-state index contributed by atoms with van der Waals surface area (Å²) in [4.78, 5) is 15.3. The molecule has 0 saturated heterocycles. The minimum Gasteiger partial charge on any atom is -0.399 e. The van der Waals surface area contributed by atoms with E-state index in [2.05, 4.69) is 9.99 Å². The summed E-state index contributed by atoms with van der Waals surface area (Å²) in [5, 5.41) is 3.43. The van der Waals surface area contributed by atoms with Crippen LogP contribution in [0.25, 0.3) is 0 Å². The van der Waals surface area contributed by atoms with Crippen LogP contribution in [0.2, 0.25) is 0 Å². The molecule has 0 spiro atoms. The largest absolute Gasteiger partial charge is 0.399 e. The van der Waals surface area contributed by atoms with Gasteiger partial charge in [0.2, 0.25) is 0 Å². The van der Waals surface area contributed by atoms with Crippen molar-refractivity contribution in [2.45, 2.75) is 19.9 Å². The van der Waals surface area contributed by atoms with Gasteiger partial charge in [0.1, 0.15) is 12.8 Å². The van der Waals surface area contributed by atoms with Gasteiger partial charge in [0.25, 0.3) is 0 Å². The third-order valence-electron chi connectivity index (χ3n) is 0.998. The lowest BCUT2D eigenvalue weighted by Crippen LogP contribution is -2.31. The maximum absolute atomic E-state index is 10.9. The zero-order valence-electron chi connectivity index (χ0n) is 6.42. The van der Waals surface area contributed by atoms with Crippen LogP contribution in [-0.4, -0.2) is 24.6 Å². The Bertz CT molecular complexity index is 152. The summed E-state index contributed by atoms with van der Waals surface area (Å²) in [5.41, 5.74) is 5.58. The summed E-state index contributed by atoms with van der Waals surface area (Å²) < 4.78 is 0. The molecule has 0 aliphatic rings. The van der Waals surface area contributed by atoms with E-state index in [0.29, 0.717) is 5.71 Å². The lowest BCUT2D eigenvalue weighted by Gasteiger charge is -2.00. The molecule has 58 valence electrons. The molecule has 2 N–H and O–H groups in total. The summed E-state index contributed by atoms with van der Waals surface area (Å²) in [6.07, 6.45) is 0. The first kappa shape index (κ1) is 9.10. The lowest BCUT2D eigenvalue weighted by molar-refractivity contribution is -0.113. The Hall–Kier alpha value is -0.900. The van der Waals surface area contributed by atoms with E-state index in [0.717, 1.165) is 0 Å². The van der Waals surface area contributed by atoms with Gasteiger partial charge in [0.15, 0.2) is 5.78 Å². The third kappa shape index (κ3) is 2.59. The van der Waals surface area contributed by atoms with Crippen molar-refractivity contribution in [3.05, 3.63) is 0 Å². The van der Waals surface area contributed by atoms with E-state index in [9.17, 15) is 4.79 Å². The maximum Gasteiger partial charge on any atom is 0.196 e. The quantitative estimate of drug-likeness (QED) is 0.445. The molecule has 0 fully saturated rings. The molecule has 0 aliphatic heterocycles. The summed E-state index contributed by atoms with van der Waals surface area (Å²) in [5.74, 6) is -0.193. The Labute approximate surface area is 60.0 Å². The van der Waals surface area contributed by atoms with Gasteiger partial charge in [-0.05, 0) is 13.8 Å². The third-order valence-corrected chi connectivity index (χ3v) is 0.998. The SMILES string of the molecule is CO/N=C(\C)C(=O)C(C)N. The Balaban J connectivity index is 4.08. The smallest absolute Gasteiger partial charge is 0.196 e. The number of hydrogen-bond acceptors (Lipinski definition) is 4. The molecule has 0 rings (SSSR count). The Morgan fingerprint density at radius 3 is 2.50 bits per heavy atom. The van der Waals surface area contributed by atoms with Crippen molar-refractivity contribution in [1.82, 2.24) is 0 Å². The molecule has 1 atom stereocenters. The van der Waals surface area contributed by atoms with Gasteiger partial charge < -0.3 is 10.6 Å². The van der Waals surface area contributed by atoms with Crippen LogP contribution >= 0.6 is 0 Å². The van der Waals surface area contributed by atoms with Crippen molar-refractivity contribution >= 4 is 11.5 Å². The van der Waals surface area contributed by atoms with Gasteiger partial charge in [0, 0.05) is 0 Å². The highest BCUT2D eigenvalue weighted by atomic mass is 16.6. The van der Waals surface area contributed by atoms with Gasteiger partial charge in [-0.2, -0.15) is 0 Å². The predicted octanol–water partition coefficient (Wildman–Crippen LogP) is -0.0750. The molecule has 0 aliphatic carbocycles. The highest BCUT2D eigenvalue weighted by Gasteiger charge is 2.10.